The Hall–Kier alpha value is -2.13. The van der Waals surface area contributed by atoms with Gasteiger partial charge in [-0.1, -0.05) is 12.1 Å². The van der Waals surface area contributed by atoms with E-state index in [1.807, 2.05) is 17.6 Å². The van der Waals surface area contributed by atoms with Crippen molar-refractivity contribution in [2.24, 2.45) is 4.99 Å². The molecule has 0 radical (unpaired) electrons. The van der Waals surface area contributed by atoms with Gasteiger partial charge in [-0.2, -0.15) is 0 Å². The van der Waals surface area contributed by atoms with Crippen LogP contribution in [0.5, 0.6) is 11.5 Å². The minimum atomic E-state index is -0.606. The van der Waals surface area contributed by atoms with Crippen molar-refractivity contribution < 1.29 is 24.5 Å². The molecule has 2 rings (SSSR count). The van der Waals surface area contributed by atoms with E-state index in [9.17, 15) is 10.3 Å². The lowest BCUT2D eigenvalue weighted by atomic mass is 10.2. The Balaban J connectivity index is 1.92. The van der Waals surface area contributed by atoms with Crippen LogP contribution in [0.15, 0.2) is 29.3 Å². The monoisotopic (exact) mass is 365 g/mol. The summed E-state index contributed by atoms with van der Waals surface area (Å²) in [6, 6.07) is 5.48. The van der Waals surface area contributed by atoms with Gasteiger partial charge >= 0.3 is 0 Å². The summed E-state index contributed by atoms with van der Waals surface area (Å²) in [6.07, 6.45) is 2.80. The molecule has 1 heterocycles. The van der Waals surface area contributed by atoms with E-state index in [1.165, 1.54) is 0 Å². The van der Waals surface area contributed by atoms with Crippen LogP contribution in [0.25, 0.3) is 6.08 Å². The Bertz CT molecular complexity index is 615. The first-order valence-corrected chi connectivity index (χ1v) is 8.49. The van der Waals surface area contributed by atoms with Crippen LogP contribution in [0.4, 0.5) is 0 Å². The molecular formula is C18H27N3O5. The molecule has 0 spiro atoms. The molecule has 0 amide bonds. The van der Waals surface area contributed by atoms with Gasteiger partial charge in [-0.05, 0) is 23.8 Å². The number of rotatable bonds is 8. The van der Waals surface area contributed by atoms with Gasteiger partial charge in [0.25, 0.3) is 0 Å². The first-order chi connectivity index (χ1) is 12.7. The summed E-state index contributed by atoms with van der Waals surface area (Å²) in [4.78, 5) is 6.34. The number of methoxy groups -OCH3 is 2. The second kappa shape index (κ2) is 10.8. The number of nitrogens with zero attached hydrogens (tertiary/aromatic N) is 2. The summed E-state index contributed by atoms with van der Waals surface area (Å²) in [6.45, 7) is 3.72. The molecule has 1 aliphatic heterocycles. The van der Waals surface area contributed by atoms with Crippen molar-refractivity contribution >= 4 is 11.9 Å². The molecule has 144 valence electrons. The van der Waals surface area contributed by atoms with E-state index in [1.54, 1.807) is 32.4 Å². The topological polar surface area (TPSA) is 95.8 Å². The van der Waals surface area contributed by atoms with Gasteiger partial charge in [0.2, 0.25) is 0 Å². The van der Waals surface area contributed by atoms with Crippen molar-refractivity contribution in [1.29, 1.82) is 0 Å². The highest BCUT2D eigenvalue weighted by Crippen LogP contribution is 2.27. The van der Waals surface area contributed by atoms with Gasteiger partial charge < -0.3 is 19.3 Å². The second-order valence-corrected chi connectivity index (χ2v) is 5.85. The number of β-amino-alcohol motifs (C(OH)–C–C–N with tert-alkyl or cyclic N) is 1. The third kappa shape index (κ3) is 6.30. The molecule has 1 unspecified atom stereocenters. The molecule has 1 saturated heterocycles. The Labute approximate surface area is 153 Å². The fourth-order valence-electron chi connectivity index (χ4n) is 2.60. The van der Waals surface area contributed by atoms with Crippen LogP contribution in [0.3, 0.4) is 0 Å². The van der Waals surface area contributed by atoms with E-state index in [0.717, 1.165) is 18.7 Å². The highest BCUT2D eigenvalue weighted by atomic mass is 16.5. The Morgan fingerprint density at radius 2 is 2.04 bits per heavy atom. The normalized spacial score (nSPS) is 17.3. The van der Waals surface area contributed by atoms with E-state index in [0.29, 0.717) is 31.3 Å². The largest absolute Gasteiger partial charge is 0.493 e. The molecular weight excluding hydrogens is 338 g/mol. The van der Waals surface area contributed by atoms with Crippen LogP contribution in [-0.2, 0) is 4.74 Å². The number of aliphatic hydroxyl groups is 1. The second-order valence-electron chi connectivity index (χ2n) is 5.85. The summed E-state index contributed by atoms with van der Waals surface area (Å²) in [5.74, 6) is 1.52. The van der Waals surface area contributed by atoms with Gasteiger partial charge in [0.1, 0.15) is 5.84 Å². The highest BCUT2D eigenvalue weighted by Gasteiger charge is 2.14. The van der Waals surface area contributed by atoms with Crippen molar-refractivity contribution in [1.82, 2.24) is 10.4 Å². The predicted octanol–water partition coefficient (Wildman–Crippen LogP) is 0.787. The minimum absolute atomic E-state index is 0.191. The highest BCUT2D eigenvalue weighted by molar-refractivity contribution is 5.95. The van der Waals surface area contributed by atoms with Gasteiger partial charge in [0, 0.05) is 19.6 Å². The molecule has 1 aliphatic rings. The van der Waals surface area contributed by atoms with Gasteiger partial charge in [-0.3, -0.25) is 20.6 Å². The van der Waals surface area contributed by atoms with Gasteiger partial charge in [0.15, 0.2) is 11.5 Å². The van der Waals surface area contributed by atoms with E-state index in [2.05, 4.69) is 9.89 Å². The van der Waals surface area contributed by atoms with E-state index < -0.39 is 6.10 Å². The standard InChI is InChI=1S/C18H27N3O5/c1-24-16-5-3-14(11-17(16)25-2)4-6-18(20-23)19-12-15(22)13-21-7-9-26-10-8-21/h3-6,11,15,22-23H,7-10,12-13H2,1-2H3,(H,19,20). The summed E-state index contributed by atoms with van der Waals surface area (Å²) in [7, 11) is 3.15. The van der Waals surface area contributed by atoms with Crippen LogP contribution in [0, 0.1) is 0 Å². The smallest absolute Gasteiger partial charge is 0.161 e. The number of aliphatic imine (C=N–C) groups is 1. The van der Waals surface area contributed by atoms with E-state index >= 15 is 0 Å². The number of aliphatic hydroxyl groups excluding tert-OH is 1. The molecule has 8 heteroatoms. The maximum absolute atomic E-state index is 10.1. The molecule has 0 aliphatic carbocycles. The quantitative estimate of drug-likeness (QED) is 0.356. The van der Waals surface area contributed by atoms with Gasteiger partial charge in [0.05, 0.1) is 40.1 Å². The van der Waals surface area contributed by atoms with Crippen LogP contribution >= 0.6 is 0 Å². The lowest BCUT2D eigenvalue weighted by molar-refractivity contribution is 0.0165. The number of amidine groups is 1. The maximum atomic E-state index is 10.1. The van der Waals surface area contributed by atoms with Crippen LogP contribution in [0.1, 0.15) is 5.56 Å². The number of nitrogens with one attached hydrogen (secondary N) is 1. The molecule has 1 aromatic carbocycles. The lowest BCUT2D eigenvalue weighted by Gasteiger charge is -2.28. The van der Waals surface area contributed by atoms with Crippen molar-refractivity contribution in [2.45, 2.75) is 6.10 Å². The summed E-state index contributed by atoms with van der Waals surface area (Å²) >= 11 is 0. The third-order valence-electron chi connectivity index (χ3n) is 4.00. The number of morpholine rings is 1. The van der Waals surface area contributed by atoms with Crippen LogP contribution in [0.2, 0.25) is 0 Å². The van der Waals surface area contributed by atoms with Gasteiger partial charge in [-0.15, -0.1) is 0 Å². The number of hydroxylamine groups is 1. The average molecular weight is 365 g/mol. The zero-order valence-corrected chi connectivity index (χ0v) is 15.2. The van der Waals surface area contributed by atoms with Crippen molar-refractivity contribution in [2.75, 3.05) is 53.6 Å². The Kier molecular flexibility index (Phi) is 8.36. The molecule has 1 aromatic rings. The zero-order chi connectivity index (χ0) is 18.8. The molecule has 0 bridgehead atoms. The number of ether oxygens (including phenoxy) is 3. The van der Waals surface area contributed by atoms with Crippen LogP contribution < -0.4 is 15.0 Å². The van der Waals surface area contributed by atoms with E-state index in [4.69, 9.17) is 14.2 Å². The Morgan fingerprint density at radius 3 is 2.69 bits per heavy atom. The molecule has 26 heavy (non-hydrogen) atoms. The predicted molar refractivity (Wildman–Crippen MR) is 99.1 cm³/mol. The van der Waals surface area contributed by atoms with Crippen molar-refractivity contribution in [3.8, 4) is 11.5 Å². The Morgan fingerprint density at radius 1 is 1.31 bits per heavy atom. The number of benzene rings is 1. The zero-order valence-electron chi connectivity index (χ0n) is 15.2. The average Bonchev–Trinajstić information content (AvgIpc) is 2.68. The molecule has 0 saturated carbocycles. The number of hydrogen-bond acceptors (Lipinski definition) is 7. The summed E-state index contributed by atoms with van der Waals surface area (Å²) in [5, 5.41) is 19.3. The number of hydrogen-bond donors (Lipinski definition) is 3. The first kappa shape index (κ1) is 20.2. The fraction of sp³-hybridized carbons (Fsp3) is 0.500. The fourth-order valence-corrected chi connectivity index (χ4v) is 2.60. The SMILES string of the molecule is COc1ccc(C=CC(=NCC(O)CN2CCOCC2)NO)cc1OC. The summed E-state index contributed by atoms with van der Waals surface area (Å²) in [5.41, 5.74) is 2.91. The van der Waals surface area contributed by atoms with Crippen LogP contribution in [-0.4, -0.2) is 80.8 Å². The first-order valence-electron chi connectivity index (χ1n) is 8.49. The maximum Gasteiger partial charge on any atom is 0.161 e. The molecule has 1 fully saturated rings. The molecule has 0 aromatic heterocycles. The van der Waals surface area contributed by atoms with Crippen molar-refractivity contribution in [3.05, 3.63) is 29.8 Å². The third-order valence-corrected chi connectivity index (χ3v) is 4.00. The molecule has 3 N–H and O–H groups in total. The lowest BCUT2D eigenvalue weighted by Crippen LogP contribution is -2.41. The van der Waals surface area contributed by atoms with Gasteiger partial charge in [-0.25, -0.2) is 0 Å². The molecule has 8 nitrogen and oxygen atoms in total. The van der Waals surface area contributed by atoms with Crippen molar-refractivity contribution in [3.63, 3.8) is 0 Å². The van der Waals surface area contributed by atoms with E-state index in [-0.39, 0.29) is 12.4 Å². The molecule has 1 atom stereocenters. The minimum Gasteiger partial charge on any atom is -0.493 e. The summed E-state index contributed by atoms with van der Waals surface area (Å²) < 4.78 is 15.7.